The van der Waals surface area contributed by atoms with Crippen LogP contribution in [0.3, 0.4) is 0 Å². The number of aromatic nitrogens is 2. The summed E-state index contributed by atoms with van der Waals surface area (Å²) in [5.41, 5.74) is 1.70. The van der Waals surface area contributed by atoms with Crippen molar-refractivity contribution in [2.45, 2.75) is 12.8 Å². The van der Waals surface area contributed by atoms with Gasteiger partial charge in [-0.25, -0.2) is 4.39 Å². The molecule has 8 heteroatoms. The highest BCUT2D eigenvalue weighted by Gasteiger charge is 2.31. The zero-order valence-corrected chi connectivity index (χ0v) is 17.9. The normalized spacial score (nSPS) is 19.3. The number of anilines is 2. The molecule has 166 valence electrons. The van der Waals surface area contributed by atoms with Gasteiger partial charge < -0.3 is 19.1 Å². The number of hydrogen-bond donors (Lipinski definition) is 0. The van der Waals surface area contributed by atoms with Gasteiger partial charge in [0.05, 0.1) is 12.2 Å². The Labute approximate surface area is 186 Å². The first-order valence-electron chi connectivity index (χ1n) is 11.1. The summed E-state index contributed by atoms with van der Waals surface area (Å²) < 4.78 is 18.6. The molecule has 1 aromatic carbocycles. The molecule has 0 N–H and O–H groups in total. The van der Waals surface area contributed by atoms with E-state index in [9.17, 15) is 9.18 Å². The molecule has 1 unspecified atom stereocenters. The Kier molecular flexibility index (Phi) is 5.75. The standard InChI is InChI=1S/C24H26FN5O2/c25-19-5-7-20(8-6-19)28-12-14-29(15-13-28)24(31)18-3-1-11-30(17-18)23-10-9-21(26-27-23)22-4-2-16-32-22/h2,4-10,16,18H,1,3,11-15,17H2. The van der Waals surface area contributed by atoms with Crippen molar-refractivity contribution in [3.8, 4) is 11.5 Å². The van der Waals surface area contributed by atoms with E-state index < -0.39 is 0 Å². The van der Waals surface area contributed by atoms with Gasteiger partial charge in [0.1, 0.15) is 11.5 Å². The van der Waals surface area contributed by atoms with E-state index in [1.54, 1.807) is 18.4 Å². The van der Waals surface area contributed by atoms with Gasteiger partial charge >= 0.3 is 0 Å². The highest BCUT2D eigenvalue weighted by molar-refractivity contribution is 5.80. The summed E-state index contributed by atoms with van der Waals surface area (Å²) in [7, 11) is 0. The van der Waals surface area contributed by atoms with Gasteiger partial charge in [-0.3, -0.25) is 4.79 Å². The Morgan fingerprint density at radius 1 is 0.938 bits per heavy atom. The van der Waals surface area contributed by atoms with Crippen LogP contribution in [0.5, 0.6) is 0 Å². The van der Waals surface area contributed by atoms with Crippen LogP contribution >= 0.6 is 0 Å². The lowest BCUT2D eigenvalue weighted by Crippen LogP contribution is -2.52. The minimum Gasteiger partial charge on any atom is -0.463 e. The Morgan fingerprint density at radius 2 is 1.75 bits per heavy atom. The number of carbonyl (C=O) groups is 1. The fourth-order valence-electron chi connectivity index (χ4n) is 4.53. The second-order valence-corrected chi connectivity index (χ2v) is 8.33. The van der Waals surface area contributed by atoms with Crippen molar-refractivity contribution in [2.75, 3.05) is 49.1 Å². The van der Waals surface area contributed by atoms with Crippen LogP contribution in [-0.2, 0) is 4.79 Å². The summed E-state index contributed by atoms with van der Waals surface area (Å²) in [6.07, 6.45) is 3.46. The van der Waals surface area contributed by atoms with Crippen molar-refractivity contribution in [3.05, 3.63) is 60.6 Å². The molecule has 0 spiro atoms. The number of piperazine rings is 1. The van der Waals surface area contributed by atoms with E-state index in [1.165, 1.54) is 12.1 Å². The molecule has 1 amide bonds. The number of nitrogens with zero attached hydrogens (tertiary/aromatic N) is 5. The predicted molar refractivity (Wildman–Crippen MR) is 120 cm³/mol. The topological polar surface area (TPSA) is 65.7 Å². The fourth-order valence-corrected chi connectivity index (χ4v) is 4.53. The molecule has 5 rings (SSSR count). The molecular formula is C24H26FN5O2. The molecule has 32 heavy (non-hydrogen) atoms. The molecule has 2 fully saturated rings. The van der Waals surface area contributed by atoms with Crippen molar-refractivity contribution in [3.63, 3.8) is 0 Å². The third-order valence-corrected chi connectivity index (χ3v) is 6.30. The molecule has 2 aromatic heterocycles. The van der Waals surface area contributed by atoms with Crippen LogP contribution < -0.4 is 9.80 Å². The second-order valence-electron chi connectivity index (χ2n) is 8.33. The Bertz CT molecular complexity index is 1030. The number of amides is 1. The lowest BCUT2D eigenvalue weighted by atomic mass is 9.96. The van der Waals surface area contributed by atoms with E-state index in [0.29, 0.717) is 31.1 Å². The van der Waals surface area contributed by atoms with E-state index in [0.717, 1.165) is 44.0 Å². The largest absolute Gasteiger partial charge is 0.463 e. The first kappa shape index (κ1) is 20.5. The quantitative estimate of drug-likeness (QED) is 0.626. The minimum atomic E-state index is -0.232. The van der Waals surface area contributed by atoms with Gasteiger partial charge in [-0.05, 0) is 61.4 Å². The Hall–Kier alpha value is -3.42. The fraction of sp³-hybridized carbons (Fsp3) is 0.375. The van der Waals surface area contributed by atoms with Gasteiger partial charge in [-0.15, -0.1) is 10.2 Å². The predicted octanol–water partition coefficient (Wildman–Crippen LogP) is 3.44. The summed E-state index contributed by atoms with van der Waals surface area (Å²) in [6, 6.07) is 14.1. The monoisotopic (exact) mass is 435 g/mol. The molecule has 4 heterocycles. The molecule has 3 aromatic rings. The van der Waals surface area contributed by atoms with Gasteiger partial charge in [-0.1, -0.05) is 0 Å². The number of benzene rings is 1. The lowest BCUT2D eigenvalue weighted by Gasteiger charge is -2.40. The van der Waals surface area contributed by atoms with Crippen LogP contribution in [0.2, 0.25) is 0 Å². The van der Waals surface area contributed by atoms with Crippen LogP contribution in [-0.4, -0.2) is 60.3 Å². The van der Waals surface area contributed by atoms with E-state index in [-0.39, 0.29) is 17.6 Å². The van der Waals surface area contributed by atoms with E-state index in [4.69, 9.17) is 4.42 Å². The van der Waals surface area contributed by atoms with E-state index in [1.807, 2.05) is 29.2 Å². The number of hydrogen-bond acceptors (Lipinski definition) is 6. The van der Waals surface area contributed by atoms with Crippen LogP contribution in [0, 0.1) is 11.7 Å². The van der Waals surface area contributed by atoms with Crippen molar-refractivity contribution in [1.82, 2.24) is 15.1 Å². The van der Waals surface area contributed by atoms with Crippen molar-refractivity contribution in [1.29, 1.82) is 0 Å². The van der Waals surface area contributed by atoms with Crippen molar-refractivity contribution >= 4 is 17.4 Å². The highest BCUT2D eigenvalue weighted by Crippen LogP contribution is 2.25. The smallest absolute Gasteiger partial charge is 0.227 e. The lowest BCUT2D eigenvalue weighted by molar-refractivity contribution is -0.136. The zero-order chi connectivity index (χ0) is 21.9. The van der Waals surface area contributed by atoms with Crippen LogP contribution in [0.15, 0.2) is 59.2 Å². The molecule has 0 saturated carbocycles. The van der Waals surface area contributed by atoms with Gasteiger partial charge in [0, 0.05) is 45.0 Å². The highest BCUT2D eigenvalue weighted by atomic mass is 19.1. The SMILES string of the molecule is O=C(C1CCCN(c2ccc(-c3ccco3)nn2)C1)N1CCN(c2ccc(F)cc2)CC1. The minimum absolute atomic E-state index is 0.0346. The van der Waals surface area contributed by atoms with Gasteiger partial charge in [0.25, 0.3) is 0 Å². The van der Waals surface area contributed by atoms with Crippen LogP contribution in [0.4, 0.5) is 15.9 Å². The Balaban J connectivity index is 1.18. The summed E-state index contributed by atoms with van der Waals surface area (Å²) in [5.74, 6) is 1.43. The average Bonchev–Trinajstić information content (AvgIpc) is 3.40. The van der Waals surface area contributed by atoms with Gasteiger partial charge in [0.2, 0.25) is 5.91 Å². The molecule has 0 radical (unpaired) electrons. The molecule has 7 nitrogen and oxygen atoms in total. The Morgan fingerprint density at radius 3 is 2.44 bits per heavy atom. The second kappa shape index (κ2) is 8.98. The number of carbonyl (C=O) groups excluding carboxylic acids is 1. The van der Waals surface area contributed by atoms with Gasteiger partial charge in [-0.2, -0.15) is 0 Å². The van der Waals surface area contributed by atoms with Crippen molar-refractivity contribution < 1.29 is 13.6 Å². The summed E-state index contributed by atoms with van der Waals surface area (Å²) in [4.78, 5) is 19.5. The third-order valence-electron chi connectivity index (χ3n) is 6.30. The summed E-state index contributed by atoms with van der Waals surface area (Å²) in [6.45, 7) is 4.42. The number of piperidine rings is 1. The molecular weight excluding hydrogens is 409 g/mol. The van der Waals surface area contributed by atoms with Crippen molar-refractivity contribution in [2.24, 2.45) is 5.92 Å². The van der Waals surface area contributed by atoms with Gasteiger partial charge in [0.15, 0.2) is 11.6 Å². The number of rotatable bonds is 4. The third kappa shape index (κ3) is 4.30. The van der Waals surface area contributed by atoms with E-state index >= 15 is 0 Å². The maximum atomic E-state index is 13.2. The molecule has 0 bridgehead atoms. The number of furan rings is 1. The first-order valence-corrected chi connectivity index (χ1v) is 11.1. The molecule has 2 aliphatic rings. The zero-order valence-electron chi connectivity index (χ0n) is 17.9. The summed E-state index contributed by atoms with van der Waals surface area (Å²) >= 11 is 0. The molecule has 1 atom stereocenters. The van der Waals surface area contributed by atoms with Crippen LogP contribution in [0.1, 0.15) is 12.8 Å². The summed E-state index contributed by atoms with van der Waals surface area (Å²) in [5, 5.41) is 8.66. The number of halogens is 1. The first-order chi connectivity index (χ1) is 15.7. The molecule has 2 aliphatic heterocycles. The maximum absolute atomic E-state index is 13.2. The molecule has 0 aliphatic carbocycles. The molecule has 2 saturated heterocycles. The average molecular weight is 436 g/mol. The van der Waals surface area contributed by atoms with Crippen LogP contribution in [0.25, 0.3) is 11.5 Å². The maximum Gasteiger partial charge on any atom is 0.227 e. The van der Waals surface area contributed by atoms with E-state index in [2.05, 4.69) is 20.0 Å².